The van der Waals surface area contributed by atoms with Crippen LogP contribution in [-0.2, 0) is 25.5 Å². The van der Waals surface area contributed by atoms with E-state index in [2.05, 4.69) is 43.4 Å². The minimum atomic E-state index is -0.531. The van der Waals surface area contributed by atoms with Crippen LogP contribution in [0, 0.1) is 0 Å². The van der Waals surface area contributed by atoms with Gasteiger partial charge in [-0.25, -0.2) is 0 Å². The van der Waals surface area contributed by atoms with E-state index in [9.17, 15) is 14.4 Å². The molecule has 1 N–H and O–H groups in total. The lowest BCUT2D eigenvalue weighted by Crippen LogP contribution is -2.40. The van der Waals surface area contributed by atoms with Crippen molar-refractivity contribution in [1.82, 2.24) is 5.32 Å². The summed E-state index contributed by atoms with van der Waals surface area (Å²) in [5, 5.41) is 2.75. The van der Waals surface area contributed by atoms with Gasteiger partial charge in [-0.2, -0.15) is 0 Å². The summed E-state index contributed by atoms with van der Waals surface area (Å²) in [6.07, 6.45) is 0.701. The van der Waals surface area contributed by atoms with Gasteiger partial charge in [0.05, 0.1) is 12.1 Å². The highest BCUT2D eigenvalue weighted by Gasteiger charge is 2.25. The molecule has 31 heavy (non-hydrogen) atoms. The Morgan fingerprint density at radius 3 is 2.61 bits per heavy atom. The van der Waals surface area contributed by atoms with Gasteiger partial charge in [-0.3, -0.25) is 14.4 Å². The largest absolute Gasteiger partial charge is 0.482 e. The fourth-order valence-electron chi connectivity index (χ4n) is 3.29. The first-order chi connectivity index (χ1) is 14.9. The van der Waals surface area contributed by atoms with Gasteiger partial charge in [0.15, 0.2) is 13.2 Å². The monoisotopic (exact) mass is 424 g/mol. The second-order valence-corrected chi connectivity index (χ2v) is 7.71. The Morgan fingerprint density at radius 1 is 1.13 bits per heavy atom. The standard InChI is InChI=1S/C24H28N2O5/c1-17(2)19-9-7-18(8-10-19)11-13-25-22(27)15-31-24(29)12-14-26-20-5-3-4-6-21(20)30-16-23(26)28/h3-10,17H,11-16H2,1-2H3,(H,25,27). The molecule has 0 bridgehead atoms. The highest BCUT2D eigenvalue weighted by molar-refractivity contribution is 5.98. The molecule has 0 fully saturated rings. The van der Waals surface area contributed by atoms with Gasteiger partial charge in [0, 0.05) is 13.1 Å². The average molecular weight is 424 g/mol. The van der Waals surface area contributed by atoms with Crippen LogP contribution in [0.4, 0.5) is 5.69 Å². The fourth-order valence-corrected chi connectivity index (χ4v) is 3.29. The molecule has 1 heterocycles. The Hall–Kier alpha value is -3.35. The van der Waals surface area contributed by atoms with E-state index in [1.165, 1.54) is 10.5 Å². The molecule has 0 spiro atoms. The van der Waals surface area contributed by atoms with Crippen molar-refractivity contribution in [3.8, 4) is 5.75 Å². The average Bonchev–Trinajstić information content (AvgIpc) is 2.77. The molecule has 7 nitrogen and oxygen atoms in total. The summed E-state index contributed by atoms with van der Waals surface area (Å²) in [4.78, 5) is 37.6. The van der Waals surface area contributed by atoms with E-state index in [4.69, 9.17) is 9.47 Å². The molecule has 164 valence electrons. The van der Waals surface area contributed by atoms with Gasteiger partial charge in [-0.05, 0) is 35.6 Å². The lowest BCUT2D eigenvalue weighted by Gasteiger charge is -2.28. The summed E-state index contributed by atoms with van der Waals surface area (Å²) in [7, 11) is 0. The van der Waals surface area contributed by atoms with Crippen molar-refractivity contribution in [1.29, 1.82) is 0 Å². The summed E-state index contributed by atoms with van der Waals surface area (Å²) in [6, 6.07) is 15.5. The maximum Gasteiger partial charge on any atom is 0.308 e. The molecule has 0 unspecified atom stereocenters. The van der Waals surface area contributed by atoms with Crippen LogP contribution >= 0.6 is 0 Å². The Labute approximate surface area is 182 Å². The van der Waals surface area contributed by atoms with Crippen LogP contribution in [0.25, 0.3) is 0 Å². The van der Waals surface area contributed by atoms with Gasteiger partial charge >= 0.3 is 5.97 Å². The molecule has 7 heteroatoms. The number of esters is 1. The SMILES string of the molecule is CC(C)c1ccc(CCNC(=O)COC(=O)CCN2C(=O)COc3ccccc32)cc1. The fraction of sp³-hybridized carbons (Fsp3) is 0.375. The Kier molecular flexibility index (Phi) is 7.65. The third-order valence-electron chi connectivity index (χ3n) is 5.09. The van der Waals surface area contributed by atoms with Crippen molar-refractivity contribution < 1.29 is 23.9 Å². The normalized spacial score (nSPS) is 12.9. The molecule has 1 aliphatic rings. The maximum absolute atomic E-state index is 12.1. The van der Waals surface area contributed by atoms with E-state index in [0.29, 0.717) is 30.3 Å². The number of hydrogen-bond donors (Lipinski definition) is 1. The number of anilines is 1. The van der Waals surface area contributed by atoms with Crippen LogP contribution in [0.5, 0.6) is 5.75 Å². The van der Waals surface area contributed by atoms with Crippen molar-refractivity contribution in [2.45, 2.75) is 32.6 Å². The van der Waals surface area contributed by atoms with E-state index in [1.807, 2.05) is 6.07 Å². The van der Waals surface area contributed by atoms with Crippen molar-refractivity contribution in [3.05, 3.63) is 59.7 Å². The molecule has 1 aliphatic heterocycles. The first-order valence-electron chi connectivity index (χ1n) is 10.5. The molecule has 0 saturated heterocycles. The summed E-state index contributed by atoms with van der Waals surface area (Å²) >= 11 is 0. The topological polar surface area (TPSA) is 84.9 Å². The lowest BCUT2D eigenvalue weighted by atomic mass is 10.0. The van der Waals surface area contributed by atoms with E-state index in [1.54, 1.807) is 18.2 Å². The molecular formula is C24H28N2O5. The Bertz CT molecular complexity index is 924. The molecule has 2 aromatic carbocycles. The van der Waals surface area contributed by atoms with Crippen LogP contribution in [0.3, 0.4) is 0 Å². The second kappa shape index (κ2) is 10.6. The van der Waals surface area contributed by atoms with E-state index >= 15 is 0 Å². The third kappa shape index (κ3) is 6.31. The summed E-state index contributed by atoms with van der Waals surface area (Å²) in [6.45, 7) is 4.54. The zero-order valence-corrected chi connectivity index (χ0v) is 17.9. The number of rotatable bonds is 9. The van der Waals surface area contributed by atoms with Crippen LogP contribution in [0.1, 0.15) is 37.3 Å². The van der Waals surface area contributed by atoms with Gasteiger partial charge in [-0.15, -0.1) is 0 Å². The first kappa shape index (κ1) is 22.3. The predicted octanol–water partition coefficient (Wildman–Crippen LogP) is 2.83. The summed E-state index contributed by atoms with van der Waals surface area (Å²) in [5.41, 5.74) is 3.05. The van der Waals surface area contributed by atoms with E-state index < -0.39 is 5.97 Å². The molecule has 2 aromatic rings. The van der Waals surface area contributed by atoms with Gasteiger partial charge < -0.3 is 19.7 Å². The minimum Gasteiger partial charge on any atom is -0.482 e. The van der Waals surface area contributed by atoms with Gasteiger partial charge in [-0.1, -0.05) is 50.2 Å². The molecule has 0 aliphatic carbocycles. The lowest BCUT2D eigenvalue weighted by molar-refractivity contribution is -0.148. The van der Waals surface area contributed by atoms with Gasteiger partial charge in [0.25, 0.3) is 11.8 Å². The molecule has 0 saturated carbocycles. The number of amides is 2. The molecule has 2 amide bonds. The quantitative estimate of drug-likeness (QED) is 0.626. The van der Waals surface area contributed by atoms with Crippen molar-refractivity contribution in [2.24, 2.45) is 0 Å². The third-order valence-corrected chi connectivity index (χ3v) is 5.09. The zero-order valence-electron chi connectivity index (χ0n) is 17.9. The first-order valence-corrected chi connectivity index (χ1v) is 10.5. The number of benzene rings is 2. The smallest absolute Gasteiger partial charge is 0.308 e. The molecular weight excluding hydrogens is 396 g/mol. The van der Waals surface area contributed by atoms with Crippen LogP contribution in [0.15, 0.2) is 48.5 Å². The number of ether oxygens (including phenoxy) is 2. The number of fused-ring (bicyclic) bond motifs is 1. The number of carbonyl (C=O) groups is 3. The highest BCUT2D eigenvalue weighted by atomic mass is 16.5. The Balaban J connectivity index is 1.36. The van der Waals surface area contributed by atoms with Crippen LogP contribution in [-0.4, -0.2) is 44.1 Å². The summed E-state index contributed by atoms with van der Waals surface area (Å²) < 4.78 is 10.4. The minimum absolute atomic E-state index is 0.00441. The molecule has 0 radical (unpaired) electrons. The van der Waals surface area contributed by atoms with E-state index in [-0.39, 0.29) is 38.0 Å². The molecule has 0 aromatic heterocycles. The van der Waals surface area contributed by atoms with Crippen LogP contribution < -0.4 is 15.0 Å². The second-order valence-electron chi connectivity index (χ2n) is 7.71. The highest BCUT2D eigenvalue weighted by Crippen LogP contribution is 2.31. The zero-order chi connectivity index (χ0) is 22.2. The predicted molar refractivity (Wildman–Crippen MR) is 117 cm³/mol. The summed E-state index contributed by atoms with van der Waals surface area (Å²) in [5.74, 6) is -0.00458. The number of carbonyl (C=O) groups excluding carboxylic acids is 3. The van der Waals surface area contributed by atoms with E-state index in [0.717, 1.165) is 5.56 Å². The molecule has 3 rings (SSSR count). The number of nitrogens with one attached hydrogen (secondary N) is 1. The van der Waals surface area contributed by atoms with Crippen molar-refractivity contribution in [2.75, 3.05) is 31.2 Å². The Morgan fingerprint density at radius 2 is 1.87 bits per heavy atom. The number of nitrogens with zero attached hydrogens (tertiary/aromatic N) is 1. The van der Waals surface area contributed by atoms with Crippen LogP contribution in [0.2, 0.25) is 0 Å². The van der Waals surface area contributed by atoms with Crippen molar-refractivity contribution >= 4 is 23.5 Å². The van der Waals surface area contributed by atoms with Gasteiger partial charge in [0.1, 0.15) is 5.75 Å². The molecule has 0 atom stereocenters. The number of para-hydroxylation sites is 2. The van der Waals surface area contributed by atoms with Gasteiger partial charge in [0.2, 0.25) is 0 Å². The maximum atomic E-state index is 12.1. The number of hydrogen-bond acceptors (Lipinski definition) is 5. The van der Waals surface area contributed by atoms with Crippen molar-refractivity contribution in [3.63, 3.8) is 0 Å².